The van der Waals surface area contributed by atoms with Crippen LogP contribution in [0.4, 0.5) is 10.5 Å². The monoisotopic (exact) mass is 411 g/mol. The summed E-state index contributed by atoms with van der Waals surface area (Å²) in [5, 5.41) is 1.77. The fraction of sp³-hybridized carbons (Fsp3) is 0.200. The fourth-order valence-electron chi connectivity index (χ4n) is 3.29. The Morgan fingerprint density at radius 2 is 1.48 bits per heavy atom. The van der Waals surface area contributed by atoms with Crippen molar-refractivity contribution in [3.8, 4) is 5.75 Å². The van der Waals surface area contributed by atoms with Crippen molar-refractivity contribution in [2.45, 2.75) is 5.37 Å². The zero-order chi connectivity index (χ0) is 20.5. The van der Waals surface area contributed by atoms with Crippen molar-refractivity contribution < 1.29 is 23.9 Å². The highest BCUT2D eigenvalue weighted by Crippen LogP contribution is 2.32. The molecule has 1 unspecified atom stereocenters. The van der Waals surface area contributed by atoms with E-state index in [0.717, 1.165) is 21.6 Å². The summed E-state index contributed by atoms with van der Waals surface area (Å²) in [7, 11) is 1.52. The number of ether oxygens (including phenoxy) is 1. The number of carbonyl (C=O) groups is 4. The number of carbonyl (C=O) groups excluding carboxylic acids is 4. The van der Waals surface area contributed by atoms with Crippen LogP contribution in [0.25, 0.3) is 0 Å². The van der Waals surface area contributed by atoms with Gasteiger partial charge in [0.25, 0.3) is 23.0 Å². The third-order valence-corrected chi connectivity index (χ3v) is 5.73. The van der Waals surface area contributed by atoms with Crippen molar-refractivity contribution in [1.82, 2.24) is 9.80 Å². The number of para-hydroxylation sites is 2. The summed E-state index contributed by atoms with van der Waals surface area (Å²) in [6.07, 6.45) is 0. The summed E-state index contributed by atoms with van der Waals surface area (Å²) in [4.78, 5) is 52.0. The normalized spacial score (nSPS) is 18.4. The topological polar surface area (TPSA) is 96.0 Å². The van der Waals surface area contributed by atoms with Gasteiger partial charge in [-0.25, -0.2) is 0 Å². The third kappa shape index (κ3) is 3.33. The van der Waals surface area contributed by atoms with E-state index >= 15 is 0 Å². The van der Waals surface area contributed by atoms with Crippen LogP contribution in [0, 0.1) is 0 Å². The molecule has 0 spiro atoms. The molecule has 1 atom stereocenters. The molecule has 0 bridgehead atoms. The number of benzene rings is 2. The molecule has 1 N–H and O–H groups in total. The van der Waals surface area contributed by atoms with Crippen molar-refractivity contribution in [2.75, 3.05) is 25.5 Å². The van der Waals surface area contributed by atoms with Gasteiger partial charge in [-0.2, -0.15) is 0 Å². The molecule has 0 saturated carbocycles. The molecular weight excluding hydrogens is 394 g/mol. The molecule has 29 heavy (non-hydrogen) atoms. The Balaban J connectivity index is 1.43. The van der Waals surface area contributed by atoms with Crippen molar-refractivity contribution in [2.24, 2.45) is 0 Å². The predicted octanol–water partition coefficient (Wildman–Crippen LogP) is 2.42. The molecule has 148 valence electrons. The first-order valence-electron chi connectivity index (χ1n) is 8.88. The van der Waals surface area contributed by atoms with E-state index < -0.39 is 28.3 Å². The number of thioether (sulfide) groups is 1. The Bertz CT molecular complexity index is 990. The van der Waals surface area contributed by atoms with Gasteiger partial charge < -0.3 is 10.1 Å². The van der Waals surface area contributed by atoms with Crippen molar-refractivity contribution in [3.63, 3.8) is 0 Å². The van der Waals surface area contributed by atoms with Crippen LogP contribution in [0.3, 0.4) is 0 Å². The highest BCUT2D eigenvalue weighted by Gasteiger charge is 2.41. The maximum Gasteiger partial charge on any atom is 0.290 e. The standard InChI is InChI=1S/C20H17N3O5S/c1-28-15-9-5-4-8-14(15)21-16-19(26)23(20(27)29-16)11-10-22-17(24)12-6-2-3-7-13(12)18(22)25/h2-9,16,21H,10-11H2,1H3. The third-order valence-electron chi connectivity index (χ3n) is 4.75. The van der Waals surface area contributed by atoms with Crippen molar-refractivity contribution >= 4 is 40.4 Å². The van der Waals surface area contributed by atoms with Gasteiger partial charge in [0.15, 0.2) is 5.37 Å². The Kier molecular flexibility index (Phi) is 4.98. The number of hydrogen-bond donors (Lipinski definition) is 1. The lowest BCUT2D eigenvalue weighted by Crippen LogP contribution is -2.41. The highest BCUT2D eigenvalue weighted by atomic mass is 32.2. The number of rotatable bonds is 6. The molecule has 1 fully saturated rings. The van der Waals surface area contributed by atoms with Crippen LogP contribution >= 0.6 is 11.8 Å². The van der Waals surface area contributed by atoms with Gasteiger partial charge >= 0.3 is 0 Å². The second-order valence-corrected chi connectivity index (χ2v) is 7.46. The average Bonchev–Trinajstić information content (AvgIpc) is 3.14. The molecule has 2 aliphatic rings. The molecule has 2 heterocycles. The maximum absolute atomic E-state index is 12.7. The van der Waals surface area contributed by atoms with E-state index in [0.29, 0.717) is 22.6 Å². The summed E-state index contributed by atoms with van der Waals surface area (Å²) >= 11 is 0.850. The molecular formula is C20H17N3O5S. The van der Waals surface area contributed by atoms with E-state index in [4.69, 9.17) is 4.74 Å². The molecule has 0 aromatic heterocycles. The minimum absolute atomic E-state index is 0.0498. The summed E-state index contributed by atoms with van der Waals surface area (Å²) in [5.74, 6) is -0.706. The minimum atomic E-state index is -0.805. The van der Waals surface area contributed by atoms with Gasteiger partial charge in [-0.1, -0.05) is 24.3 Å². The molecule has 4 rings (SSSR count). The van der Waals surface area contributed by atoms with E-state index in [1.165, 1.54) is 7.11 Å². The second-order valence-electron chi connectivity index (χ2n) is 6.41. The molecule has 1 saturated heterocycles. The Morgan fingerprint density at radius 3 is 2.14 bits per heavy atom. The van der Waals surface area contributed by atoms with Crippen LogP contribution in [0.2, 0.25) is 0 Å². The molecule has 0 radical (unpaired) electrons. The smallest absolute Gasteiger partial charge is 0.290 e. The Morgan fingerprint density at radius 1 is 0.897 bits per heavy atom. The van der Waals surface area contributed by atoms with Gasteiger partial charge in [0.05, 0.1) is 23.9 Å². The maximum atomic E-state index is 12.7. The quantitative estimate of drug-likeness (QED) is 0.729. The van der Waals surface area contributed by atoms with Gasteiger partial charge in [0.2, 0.25) is 0 Å². The van der Waals surface area contributed by atoms with E-state index in [1.807, 2.05) is 0 Å². The molecule has 2 aliphatic heterocycles. The van der Waals surface area contributed by atoms with Crippen LogP contribution in [0.15, 0.2) is 48.5 Å². The first-order valence-corrected chi connectivity index (χ1v) is 9.76. The zero-order valence-electron chi connectivity index (χ0n) is 15.5. The molecule has 4 amide bonds. The Hall–Kier alpha value is -3.33. The number of anilines is 1. The van der Waals surface area contributed by atoms with E-state index in [1.54, 1.807) is 48.5 Å². The van der Waals surface area contributed by atoms with Gasteiger partial charge in [0, 0.05) is 13.1 Å². The number of fused-ring (bicyclic) bond motifs is 1. The van der Waals surface area contributed by atoms with E-state index in [-0.39, 0.29) is 13.1 Å². The highest BCUT2D eigenvalue weighted by molar-refractivity contribution is 8.15. The SMILES string of the molecule is COc1ccccc1NC1SC(=O)N(CCN2C(=O)c3ccccc3C2=O)C1=O. The summed E-state index contributed by atoms with van der Waals surface area (Å²) < 4.78 is 5.25. The summed E-state index contributed by atoms with van der Waals surface area (Å²) in [6.45, 7) is -0.105. The van der Waals surface area contributed by atoms with Gasteiger partial charge in [-0.05, 0) is 36.0 Å². The molecule has 0 aliphatic carbocycles. The second kappa shape index (κ2) is 7.59. The van der Waals surface area contributed by atoms with Gasteiger partial charge in [0.1, 0.15) is 5.75 Å². The van der Waals surface area contributed by atoms with Crippen molar-refractivity contribution in [1.29, 1.82) is 0 Å². The van der Waals surface area contributed by atoms with Crippen LogP contribution in [0.1, 0.15) is 20.7 Å². The van der Waals surface area contributed by atoms with Crippen LogP contribution in [0.5, 0.6) is 5.75 Å². The number of amides is 4. The summed E-state index contributed by atoms with van der Waals surface area (Å²) in [5.41, 5.74) is 1.26. The summed E-state index contributed by atoms with van der Waals surface area (Å²) in [6, 6.07) is 13.6. The predicted molar refractivity (Wildman–Crippen MR) is 107 cm³/mol. The molecule has 2 aromatic carbocycles. The molecule has 8 nitrogen and oxygen atoms in total. The number of hydrogen-bond acceptors (Lipinski definition) is 7. The zero-order valence-corrected chi connectivity index (χ0v) is 16.3. The van der Waals surface area contributed by atoms with E-state index in [2.05, 4.69) is 5.32 Å². The molecule has 9 heteroatoms. The van der Waals surface area contributed by atoms with Crippen LogP contribution in [-0.2, 0) is 4.79 Å². The minimum Gasteiger partial charge on any atom is -0.495 e. The lowest BCUT2D eigenvalue weighted by Gasteiger charge is -2.19. The number of imide groups is 2. The van der Waals surface area contributed by atoms with Gasteiger partial charge in [-0.15, -0.1) is 0 Å². The fourth-order valence-corrected chi connectivity index (χ4v) is 4.21. The first kappa shape index (κ1) is 19.0. The van der Waals surface area contributed by atoms with Crippen molar-refractivity contribution in [3.05, 3.63) is 59.7 Å². The lowest BCUT2D eigenvalue weighted by molar-refractivity contribution is -0.126. The first-order chi connectivity index (χ1) is 14.0. The lowest BCUT2D eigenvalue weighted by atomic mass is 10.1. The largest absolute Gasteiger partial charge is 0.495 e. The van der Waals surface area contributed by atoms with Crippen LogP contribution in [-0.4, -0.2) is 58.3 Å². The number of nitrogens with one attached hydrogen (secondary N) is 1. The Labute approximate surface area is 170 Å². The van der Waals surface area contributed by atoms with Crippen LogP contribution < -0.4 is 10.1 Å². The van der Waals surface area contributed by atoms with E-state index in [9.17, 15) is 19.2 Å². The van der Waals surface area contributed by atoms with Gasteiger partial charge in [-0.3, -0.25) is 29.0 Å². The number of methoxy groups -OCH3 is 1. The number of nitrogens with zero attached hydrogens (tertiary/aromatic N) is 2. The average molecular weight is 411 g/mol. The molecule has 2 aromatic rings.